The molecular weight excluding hydrogens is 366 g/mol. The number of hydrogen-bond acceptors (Lipinski definition) is 4. The molecule has 1 heterocycles. The molecule has 3 aromatic rings. The Hall–Kier alpha value is -3.67. The van der Waals surface area contributed by atoms with Crippen molar-refractivity contribution in [3.8, 4) is 5.75 Å². The first-order valence-corrected chi connectivity index (χ1v) is 9.23. The standard InChI is InChI=1S/C23H23N3O3/c1-26(16-18-6-4-3-5-7-18)23(28)21-14-19(12-13-24-21)22(27)25-15-17-8-10-20(29-2)11-9-17/h3-14H,15-16H2,1-2H3,(H,25,27). The van der Waals surface area contributed by atoms with Crippen molar-refractivity contribution < 1.29 is 14.3 Å². The third-order valence-electron chi connectivity index (χ3n) is 4.46. The van der Waals surface area contributed by atoms with E-state index in [1.165, 1.54) is 12.3 Å². The molecular formula is C23H23N3O3. The minimum Gasteiger partial charge on any atom is -0.497 e. The van der Waals surface area contributed by atoms with Gasteiger partial charge in [-0.2, -0.15) is 0 Å². The zero-order valence-electron chi connectivity index (χ0n) is 16.5. The number of rotatable bonds is 7. The molecule has 0 unspecified atom stereocenters. The van der Waals surface area contributed by atoms with Crippen LogP contribution in [-0.4, -0.2) is 35.9 Å². The molecule has 1 N–H and O–H groups in total. The molecule has 0 spiro atoms. The van der Waals surface area contributed by atoms with Gasteiger partial charge in [-0.05, 0) is 35.4 Å². The van der Waals surface area contributed by atoms with Gasteiger partial charge in [-0.1, -0.05) is 42.5 Å². The van der Waals surface area contributed by atoms with Gasteiger partial charge in [-0.3, -0.25) is 14.6 Å². The van der Waals surface area contributed by atoms with Crippen LogP contribution in [0.15, 0.2) is 72.9 Å². The number of ether oxygens (including phenoxy) is 1. The summed E-state index contributed by atoms with van der Waals surface area (Å²) in [4.78, 5) is 30.9. The van der Waals surface area contributed by atoms with Gasteiger partial charge >= 0.3 is 0 Å². The Morgan fingerprint density at radius 3 is 2.41 bits per heavy atom. The quantitative estimate of drug-likeness (QED) is 0.673. The molecule has 0 aliphatic carbocycles. The van der Waals surface area contributed by atoms with Gasteiger partial charge in [0.2, 0.25) is 0 Å². The largest absolute Gasteiger partial charge is 0.497 e. The number of nitrogens with one attached hydrogen (secondary N) is 1. The number of aromatic nitrogens is 1. The lowest BCUT2D eigenvalue weighted by Gasteiger charge is -2.17. The molecule has 1 aromatic heterocycles. The second kappa shape index (κ2) is 9.50. The number of carbonyl (C=O) groups is 2. The zero-order valence-corrected chi connectivity index (χ0v) is 16.5. The summed E-state index contributed by atoms with van der Waals surface area (Å²) in [5, 5.41) is 2.86. The van der Waals surface area contributed by atoms with E-state index in [1.54, 1.807) is 25.1 Å². The predicted octanol–water partition coefficient (Wildman–Crippen LogP) is 3.29. The van der Waals surface area contributed by atoms with Crippen LogP contribution < -0.4 is 10.1 Å². The molecule has 29 heavy (non-hydrogen) atoms. The van der Waals surface area contributed by atoms with Crippen molar-refractivity contribution in [1.29, 1.82) is 0 Å². The molecule has 0 fully saturated rings. The Morgan fingerprint density at radius 1 is 1.00 bits per heavy atom. The molecule has 0 aliphatic rings. The summed E-state index contributed by atoms with van der Waals surface area (Å²) in [6.07, 6.45) is 1.48. The first-order chi connectivity index (χ1) is 14.1. The van der Waals surface area contributed by atoms with Crippen LogP contribution in [0.25, 0.3) is 0 Å². The van der Waals surface area contributed by atoms with Gasteiger partial charge < -0.3 is 15.0 Å². The average Bonchev–Trinajstić information content (AvgIpc) is 2.78. The van der Waals surface area contributed by atoms with Crippen molar-refractivity contribution >= 4 is 11.8 Å². The van der Waals surface area contributed by atoms with Crippen molar-refractivity contribution in [2.24, 2.45) is 0 Å². The number of methoxy groups -OCH3 is 1. The van der Waals surface area contributed by atoms with Gasteiger partial charge in [0.05, 0.1) is 7.11 Å². The highest BCUT2D eigenvalue weighted by Gasteiger charge is 2.16. The SMILES string of the molecule is COc1ccc(CNC(=O)c2ccnc(C(=O)N(C)Cc3ccccc3)c2)cc1. The summed E-state index contributed by atoms with van der Waals surface area (Å²) in [5.74, 6) is 0.263. The maximum absolute atomic E-state index is 12.7. The molecule has 6 heteroatoms. The van der Waals surface area contributed by atoms with Gasteiger partial charge in [0.15, 0.2) is 0 Å². The third kappa shape index (κ3) is 5.42. The van der Waals surface area contributed by atoms with E-state index in [9.17, 15) is 9.59 Å². The zero-order chi connectivity index (χ0) is 20.6. The van der Waals surface area contributed by atoms with Crippen LogP contribution >= 0.6 is 0 Å². The van der Waals surface area contributed by atoms with Crippen molar-refractivity contribution in [3.63, 3.8) is 0 Å². The fourth-order valence-corrected chi connectivity index (χ4v) is 2.84. The predicted molar refractivity (Wildman–Crippen MR) is 111 cm³/mol. The topological polar surface area (TPSA) is 71.5 Å². The molecule has 0 saturated carbocycles. The Labute approximate surface area is 170 Å². The van der Waals surface area contributed by atoms with Gasteiger partial charge in [0.1, 0.15) is 11.4 Å². The molecule has 0 bridgehead atoms. The molecule has 2 aromatic carbocycles. The number of benzene rings is 2. The summed E-state index contributed by atoms with van der Waals surface area (Å²) in [5.41, 5.74) is 2.61. The van der Waals surface area contributed by atoms with E-state index in [0.29, 0.717) is 18.7 Å². The van der Waals surface area contributed by atoms with Crippen LogP contribution in [0.1, 0.15) is 32.0 Å². The van der Waals surface area contributed by atoms with E-state index in [2.05, 4.69) is 10.3 Å². The Balaban J connectivity index is 1.62. The van der Waals surface area contributed by atoms with Crippen molar-refractivity contribution in [1.82, 2.24) is 15.2 Å². The summed E-state index contributed by atoms with van der Waals surface area (Å²) in [7, 11) is 3.32. The lowest BCUT2D eigenvalue weighted by atomic mass is 10.1. The Morgan fingerprint density at radius 2 is 1.72 bits per heavy atom. The van der Waals surface area contributed by atoms with E-state index in [-0.39, 0.29) is 17.5 Å². The van der Waals surface area contributed by atoms with E-state index < -0.39 is 0 Å². The molecule has 2 amide bonds. The van der Waals surface area contributed by atoms with Gasteiger partial charge in [0, 0.05) is 31.9 Å². The second-order valence-electron chi connectivity index (χ2n) is 6.61. The van der Waals surface area contributed by atoms with E-state index in [4.69, 9.17) is 4.74 Å². The van der Waals surface area contributed by atoms with Crippen LogP contribution in [-0.2, 0) is 13.1 Å². The molecule has 0 aliphatic heterocycles. The molecule has 3 rings (SSSR count). The van der Waals surface area contributed by atoms with Crippen LogP contribution in [0.3, 0.4) is 0 Å². The van der Waals surface area contributed by atoms with E-state index in [1.807, 2.05) is 54.6 Å². The highest BCUT2D eigenvalue weighted by molar-refractivity contribution is 5.98. The second-order valence-corrected chi connectivity index (χ2v) is 6.61. The maximum Gasteiger partial charge on any atom is 0.272 e. The lowest BCUT2D eigenvalue weighted by Crippen LogP contribution is -2.28. The third-order valence-corrected chi connectivity index (χ3v) is 4.46. The first kappa shape index (κ1) is 20.1. The average molecular weight is 389 g/mol. The van der Waals surface area contributed by atoms with Crippen molar-refractivity contribution in [3.05, 3.63) is 95.3 Å². The number of nitrogens with zero attached hydrogens (tertiary/aromatic N) is 2. The molecule has 6 nitrogen and oxygen atoms in total. The normalized spacial score (nSPS) is 10.3. The summed E-state index contributed by atoms with van der Waals surface area (Å²) >= 11 is 0. The Bertz CT molecular complexity index is 972. The molecule has 0 radical (unpaired) electrons. The summed E-state index contributed by atoms with van der Waals surface area (Å²) in [6, 6.07) is 20.3. The first-order valence-electron chi connectivity index (χ1n) is 9.23. The summed E-state index contributed by atoms with van der Waals surface area (Å²) in [6.45, 7) is 0.845. The lowest BCUT2D eigenvalue weighted by molar-refractivity contribution is 0.0779. The molecule has 0 atom stereocenters. The smallest absolute Gasteiger partial charge is 0.272 e. The van der Waals surface area contributed by atoms with Gasteiger partial charge in [-0.15, -0.1) is 0 Å². The fourth-order valence-electron chi connectivity index (χ4n) is 2.84. The fraction of sp³-hybridized carbons (Fsp3) is 0.174. The number of hydrogen-bond donors (Lipinski definition) is 1. The van der Waals surface area contributed by atoms with Crippen LogP contribution in [0.2, 0.25) is 0 Å². The van der Waals surface area contributed by atoms with Crippen LogP contribution in [0.4, 0.5) is 0 Å². The van der Waals surface area contributed by atoms with E-state index in [0.717, 1.165) is 16.9 Å². The minimum atomic E-state index is -0.261. The van der Waals surface area contributed by atoms with Gasteiger partial charge in [-0.25, -0.2) is 0 Å². The maximum atomic E-state index is 12.7. The molecule has 0 saturated heterocycles. The number of pyridine rings is 1. The highest BCUT2D eigenvalue weighted by atomic mass is 16.5. The van der Waals surface area contributed by atoms with Crippen LogP contribution in [0, 0.1) is 0 Å². The Kier molecular flexibility index (Phi) is 6.58. The van der Waals surface area contributed by atoms with Gasteiger partial charge in [0.25, 0.3) is 11.8 Å². The van der Waals surface area contributed by atoms with Crippen molar-refractivity contribution in [2.45, 2.75) is 13.1 Å². The summed E-state index contributed by atoms with van der Waals surface area (Å²) < 4.78 is 5.13. The molecule has 148 valence electrons. The van der Waals surface area contributed by atoms with Crippen molar-refractivity contribution in [2.75, 3.05) is 14.2 Å². The van der Waals surface area contributed by atoms with Crippen LogP contribution in [0.5, 0.6) is 5.75 Å². The number of carbonyl (C=O) groups excluding carboxylic acids is 2. The van der Waals surface area contributed by atoms with E-state index >= 15 is 0 Å². The highest BCUT2D eigenvalue weighted by Crippen LogP contribution is 2.12. The number of amides is 2. The minimum absolute atomic E-state index is 0.237. The monoisotopic (exact) mass is 389 g/mol.